The number of aromatic nitrogens is 2. The first-order chi connectivity index (χ1) is 21.6. The van der Waals surface area contributed by atoms with Gasteiger partial charge in [0.15, 0.2) is 0 Å². The van der Waals surface area contributed by atoms with E-state index in [-0.39, 0.29) is 32.9 Å². The zero-order chi connectivity index (χ0) is 29.1. The van der Waals surface area contributed by atoms with E-state index in [1.54, 1.807) is 10.6 Å². The number of pyridine rings is 2. The van der Waals surface area contributed by atoms with Crippen molar-refractivity contribution in [2.24, 2.45) is 35.5 Å². The molecule has 8 saturated carbocycles. The smallest absolute Gasteiger partial charge is 0.256 e. The minimum absolute atomic E-state index is 0. The molecule has 12 rings (SSSR count). The first kappa shape index (κ1) is 30.7. The van der Waals surface area contributed by atoms with Crippen LogP contribution in [0, 0.1) is 35.5 Å². The molecule has 45 heavy (non-hydrogen) atoms. The Balaban J connectivity index is 0.000000131. The molecule has 4 aromatic rings. The summed E-state index contributed by atoms with van der Waals surface area (Å²) in [5.74, 6) is 6.06. The second kappa shape index (κ2) is 12.4. The van der Waals surface area contributed by atoms with Crippen molar-refractivity contribution >= 4 is 37.3 Å². The van der Waals surface area contributed by atoms with E-state index in [9.17, 15) is 0 Å². The van der Waals surface area contributed by atoms with E-state index in [1.807, 2.05) is 12.4 Å². The average molecular weight is 673 g/mol. The van der Waals surface area contributed by atoms with Crippen molar-refractivity contribution in [3.63, 3.8) is 0 Å². The van der Waals surface area contributed by atoms with Crippen molar-refractivity contribution in [1.29, 1.82) is 0 Å². The Morgan fingerprint density at radius 3 is 1.11 bits per heavy atom. The standard InChI is InChI=1S/2C20H23NP.Fe/c2*1-2-6-18(5-1)22(19-7-3-4-8-21-19)20-12-15-9-16(13-20)11-17(10-15)14-20;/h2*1-8,15-17H,9-14H2;/q2*-1;+2. The molecule has 2 nitrogen and oxygen atoms in total. The van der Waals surface area contributed by atoms with Crippen LogP contribution in [0.3, 0.4) is 0 Å². The van der Waals surface area contributed by atoms with Crippen molar-refractivity contribution < 1.29 is 17.1 Å². The first-order valence-electron chi connectivity index (χ1n) is 17.5. The Kier molecular flexibility index (Phi) is 8.48. The van der Waals surface area contributed by atoms with Gasteiger partial charge in [-0.2, -0.15) is 24.3 Å². The molecule has 0 aliphatic heterocycles. The van der Waals surface area contributed by atoms with E-state index in [0.717, 1.165) is 35.5 Å². The van der Waals surface area contributed by atoms with E-state index in [4.69, 9.17) is 9.97 Å². The molecule has 0 N–H and O–H groups in total. The van der Waals surface area contributed by atoms with Crippen molar-refractivity contribution in [2.45, 2.75) is 87.4 Å². The summed E-state index contributed by atoms with van der Waals surface area (Å²) in [6, 6.07) is 31.4. The molecule has 2 aromatic carbocycles. The van der Waals surface area contributed by atoms with E-state index in [1.165, 1.54) is 87.9 Å². The molecule has 8 bridgehead atoms. The van der Waals surface area contributed by atoms with Crippen LogP contribution in [0.1, 0.15) is 77.0 Å². The number of hydrogen-bond acceptors (Lipinski definition) is 2. The normalized spacial score (nSPS) is 36.5. The predicted octanol–water partition coefficient (Wildman–Crippen LogP) is 8.40. The fourth-order valence-electron chi connectivity index (χ4n) is 12.0. The maximum absolute atomic E-state index is 4.82. The Morgan fingerprint density at radius 2 is 0.844 bits per heavy atom. The van der Waals surface area contributed by atoms with Gasteiger partial charge >= 0.3 is 17.1 Å². The summed E-state index contributed by atoms with van der Waals surface area (Å²) >= 11 is 0. The maximum Gasteiger partial charge on any atom is 2.00 e. The van der Waals surface area contributed by atoms with E-state index < -0.39 is 0 Å². The summed E-state index contributed by atoms with van der Waals surface area (Å²) in [7, 11) is -0.598. The van der Waals surface area contributed by atoms with E-state index >= 15 is 0 Å². The van der Waals surface area contributed by atoms with E-state index in [2.05, 4.69) is 84.9 Å². The number of rotatable bonds is 6. The topological polar surface area (TPSA) is 25.8 Å². The molecular weight excluding hydrogens is 626 g/mol. The molecule has 0 radical (unpaired) electrons. The van der Waals surface area contributed by atoms with Gasteiger partial charge in [0, 0.05) is 12.4 Å². The van der Waals surface area contributed by atoms with Gasteiger partial charge in [-0.1, -0.05) is 12.1 Å². The van der Waals surface area contributed by atoms with Gasteiger partial charge in [-0.05, 0) is 163 Å². The van der Waals surface area contributed by atoms with Crippen LogP contribution in [0.25, 0.3) is 0 Å². The molecule has 5 heteroatoms. The Labute approximate surface area is 283 Å². The third-order valence-electron chi connectivity index (χ3n) is 12.5. The molecule has 8 aliphatic rings. The van der Waals surface area contributed by atoms with Crippen LogP contribution in [0.2, 0.25) is 0 Å². The van der Waals surface area contributed by atoms with Crippen molar-refractivity contribution in [2.75, 3.05) is 0 Å². The molecule has 0 spiro atoms. The second-order valence-corrected chi connectivity index (χ2v) is 20.8. The van der Waals surface area contributed by atoms with Gasteiger partial charge in [0.2, 0.25) is 0 Å². The van der Waals surface area contributed by atoms with Gasteiger partial charge in [-0.3, -0.25) is 9.97 Å². The summed E-state index contributed by atoms with van der Waals surface area (Å²) in [6.07, 6.45) is 21.9. The summed E-state index contributed by atoms with van der Waals surface area (Å²) < 4.78 is 0. The van der Waals surface area contributed by atoms with Crippen LogP contribution in [0.5, 0.6) is 0 Å². The fourth-order valence-corrected chi connectivity index (χ4v) is 19.0. The summed E-state index contributed by atoms with van der Waals surface area (Å²) in [5.41, 5.74) is 2.73. The van der Waals surface area contributed by atoms with Gasteiger partial charge in [0.25, 0.3) is 0 Å². The maximum atomic E-state index is 4.82. The third kappa shape index (κ3) is 5.67. The van der Waals surface area contributed by atoms with Crippen LogP contribution >= 0.6 is 15.8 Å². The second-order valence-electron chi connectivity index (χ2n) is 15.6. The molecule has 2 heterocycles. The number of nitrogens with zero attached hydrogens (tertiary/aromatic N) is 2. The summed E-state index contributed by atoms with van der Waals surface area (Å²) in [6.45, 7) is 0. The van der Waals surface area contributed by atoms with Gasteiger partial charge in [-0.15, -0.1) is 10.6 Å². The predicted molar refractivity (Wildman–Crippen MR) is 187 cm³/mol. The van der Waals surface area contributed by atoms with Gasteiger partial charge in [0.05, 0.1) is 10.9 Å². The first-order valence-corrected chi connectivity index (χ1v) is 20.2. The van der Waals surface area contributed by atoms with Crippen molar-refractivity contribution in [1.82, 2.24) is 9.97 Å². The van der Waals surface area contributed by atoms with Gasteiger partial charge < -0.3 is 0 Å². The average Bonchev–Trinajstić information content (AvgIpc) is 3.73. The fraction of sp³-hybridized carbons (Fsp3) is 0.500. The molecule has 0 saturated heterocycles. The summed E-state index contributed by atoms with van der Waals surface area (Å²) in [4.78, 5) is 9.64. The van der Waals surface area contributed by atoms with Crippen LogP contribution in [-0.4, -0.2) is 20.3 Å². The van der Waals surface area contributed by atoms with Crippen molar-refractivity contribution in [3.05, 3.63) is 97.3 Å². The van der Waals surface area contributed by atoms with Crippen LogP contribution in [-0.2, 0) is 17.1 Å². The third-order valence-corrected chi connectivity index (χ3v) is 18.6. The van der Waals surface area contributed by atoms with E-state index in [0.29, 0.717) is 10.3 Å². The number of hydrogen-bond donors (Lipinski definition) is 0. The molecule has 0 amide bonds. The largest absolute Gasteiger partial charge is 2.00 e. The minimum atomic E-state index is -0.299. The minimum Gasteiger partial charge on any atom is -0.256 e. The van der Waals surface area contributed by atoms with Crippen LogP contribution in [0.4, 0.5) is 0 Å². The molecule has 234 valence electrons. The molecule has 8 aliphatic carbocycles. The Bertz CT molecular complexity index is 1350. The molecule has 8 fully saturated rings. The van der Waals surface area contributed by atoms with Gasteiger partial charge in [-0.25, -0.2) is 24.3 Å². The zero-order valence-corrected chi connectivity index (χ0v) is 29.2. The summed E-state index contributed by atoms with van der Waals surface area (Å²) in [5, 5.41) is 4.23. The van der Waals surface area contributed by atoms with Crippen molar-refractivity contribution in [3.8, 4) is 0 Å². The SMILES string of the molecule is [Fe+2].c1ccc(P(c2ccc[cH-]2)C23CC4CC(CC(C4)C2)C3)nc1.c1ccc(P(c2ccc[cH-]2)C23CC4CC(CC(C4)C2)C3)nc1. The Hall–Kier alpha value is -1.62. The monoisotopic (exact) mass is 672 g/mol. The van der Waals surface area contributed by atoms with Crippen LogP contribution in [0.15, 0.2) is 97.3 Å². The van der Waals surface area contributed by atoms with Crippen LogP contribution < -0.4 is 21.5 Å². The quantitative estimate of drug-likeness (QED) is 0.117. The molecular formula is C40H46FeN2P2. The molecule has 2 atom stereocenters. The molecule has 2 aromatic heterocycles. The zero-order valence-electron chi connectivity index (χ0n) is 26.3. The van der Waals surface area contributed by atoms with Gasteiger partial charge in [0.1, 0.15) is 0 Å². The molecule has 2 unspecified atom stereocenters. The Morgan fingerprint density at radius 1 is 0.489 bits per heavy atom.